The van der Waals surface area contributed by atoms with Gasteiger partial charge in [0.05, 0.1) is 12.3 Å². The molecule has 0 unspecified atom stereocenters. The molecule has 1 heterocycles. The number of aromatic hydroxyl groups is 1. The number of pyridine rings is 1. The zero-order valence-corrected chi connectivity index (χ0v) is 10.4. The van der Waals surface area contributed by atoms with Crippen LogP contribution in [0.4, 0.5) is 0 Å². The number of aromatic nitrogens is 1. The van der Waals surface area contributed by atoms with Crippen molar-refractivity contribution in [3.63, 3.8) is 0 Å². The van der Waals surface area contributed by atoms with Crippen LogP contribution in [0.25, 0.3) is 0 Å². The van der Waals surface area contributed by atoms with Gasteiger partial charge in [-0.1, -0.05) is 13.3 Å². The van der Waals surface area contributed by atoms with E-state index in [1.165, 1.54) is 0 Å². The molecule has 0 aromatic carbocycles. The van der Waals surface area contributed by atoms with E-state index in [1.807, 2.05) is 6.92 Å². The first-order chi connectivity index (χ1) is 7.11. The maximum atomic E-state index is 9.85. The van der Waals surface area contributed by atoms with E-state index in [0.717, 1.165) is 12.8 Å². The van der Waals surface area contributed by atoms with Crippen LogP contribution in [0.2, 0.25) is 0 Å². The lowest BCUT2D eigenvalue weighted by atomic mass is 9.98. The lowest BCUT2D eigenvalue weighted by molar-refractivity contribution is 0.277. The summed E-state index contributed by atoms with van der Waals surface area (Å²) in [5.41, 5.74) is 7.74. The summed E-state index contributed by atoms with van der Waals surface area (Å²) in [6, 6.07) is -0.237. The Kier molecular flexibility index (Phi) is 6.33. The Balaban J connectivity index is 0.00000225. The maximum absolute atomic E-state index is 9.85. The molecule has 0 aliphatic rings. The van der Waals surface area contributed by atoms with Crippen molar-refractivity contribution in [2.75, 3.05) is 0 Å². The SMILES string of the molecule is CCC[C@H](N)c1c(CO)cnc(C)c1O.Cl. The quantitative estimate of drug-likeness (QED) is 0.757. The van der Waals surface area contributed by atoms with Gasteiger partial charge in [0.1, 0.15) is 5.75 Å². The first-order valence-corrected chi connectivity index (χ1v) is 5.15. The fraction of sp³-hybridized carbons (Fsp3) is 0.545. The Morgan fingerprint density at radius 1 is 1.50 bits per heavy atom. The zero-order chi connectivity index (χ0) is 11.4. The van der Waals surface area contributed by atoms with Crippen LogP contribution < -0.4 is 5.73 Å². The number of aliphatic hydroxyl groups excluding tert-OH is 1. The first kappa shape index (κ1) is 15.2. The summed E-state index contributed by atoms with van der Waals surface area (Å²) in [4.78, 5) is 3.99. The van der Waals surface area contributed by atoms with E-state index in [9.17, 15) is 5.11 Å². The average molecular weight is 247 g/mol. The van der Waals surface area contributed by atoms with Gasteiger partial charge in [0, 0.05) is 23.4 Å². The van der Waals surface area contributed by atoms with Crippen LogP contribution in [0, 0.1) is 6.92 Å². The summed E-state index contributed by atoms with van der Waals surface area (Å²) >= 11 is 0. The highest BCUT2D eigenvalue weighted by Crippen LogP contribution is 2.30. The number of hydrogen-bond acceptors (Lipinski definition) is 4. The van der Waals surface area contributed by atoms with Gasteiger partial charge >= 0.3 is 0 Å². The third-order valence-electron chi connectivity index (χ3n) is 2.50. The highest BCUT2D eigenvalue weighted by Gasteiger charge is 2.17. The first-order valence-electron chi connectivity index (χ1n) is 5.15. The molecule has 5 heteroatoms. The van der Waals surface area contributed by atoms with Crippen molar-refractivity contribution in [1.82, 2.24) is 4.98 Å². The van der Waals surface area contributed by atoms with E-state index >= 15 is 0 Å². The van der Waals surface area contributed by atoms with E-state index in [-0.39, 0.29) is 30.8 Å². The fourth-order valence-electron chi connectivity index (χ4n) is 1.65. The summed E-state index contributed by atoms with van der Waals surface area (Å²) in [7, 11) is 0. The average Bonchev–Trinajstić information content (AvgIpc) is 2.22. The van der Waals surface area contributed by atoms with Crippen molar-refractivity contribution in [1.29, 1.82) is 0 Å². The molecule has 4 nitrogen and oxygen atoms in total. The minimum atomic E-state index is -0.237. The van der Waals surface area contributed by atoms with Crippen molar-refractivity contribution in [3.05, 3.63) is 23.0 Å². The van der Waals surface area contributed by atoms with E-state index in [4.69, 9.17) is 10.8 Å². The van der Waals surface area contributed by atoms with Crippen molar-refractivity contribution < 1.29 is 10.2 Å². The standard InChI is InChI=1S/C11H18N2O2.ClH/c1-3-4-9(12)10-8(6-14)5-13-7(2)11(10)15;/h5,9,14-15H,3-4,6,12H2,1-2H3;1H/t9-;/m0./s1. The molecule has 16 heavy (non-hydrogen) atoms. The number of nitrogens with two attached hydrogens (primary N) is 1. The molecular formula is C11H19ClN2O2. The number of rotatable bonds is 4. The molecular weight excluding hydrogens is 228 g/mol. The van der Waals surface area contributed by atoms with E-state index in [0.29, 0.717) is 16.8 Å². The zero-order valence-electron chi connectivity index (χ0n) is 9.60. The molecule has 0 bridgehead atoms. The predicted octanol–water partition coefficient (Wildman–Crippen LogP) is 1.81. The number of hydrogen-bond donors (Lipinski definition) is 3. The predicted molar refractivity (Wildman–Crippen MR) is 65.6 cm³/mol. The molecule has 1 aromatic heterocycles. The molecule has 0 saturated carbocycles. The van der Waals surface area contributed by atoms with Gasteiger partial charge in [0.15, 0.2) is 0 Å². The van der Waals surface area contributed by atoms with E-state index in [2.05, 4.69) is 4.98 Å². The van der Waals surface area contributed by atoms with Crippen LogP contribution in [0.15, 0.2) is 6.20 Å². The Morgan fingerprint density at radius 3 is 2.62 bits per heavy atom. The lowest BCUT2D eigenvalue weighted by Gasteiger charge is -2.17. The molecule has 0 fully saturated rings. The van der Waals surface area contributed by atoms with Gasteiger partial charge in [-0.3, -0.25) is 4.98 Å². The van der Waals surface area contributed by atoms with Crippen molar-refractivity contribution in [2.45, 2.75) is 39.3 Å². The van der Waals surface area contributed by atoms with Gasteiger partial charge < -0.3 is 15.9 Å². The molecule has 1 atom stereocenters. The van der Waals surface area contributed by atoms with Crippen LogP contribution in [0.5, 0.6) is 5.75 Å². The minimum Gasteiger partial charge on any atom is -0.506 e. The van der Waals surface area contributed by atoms with E-state index < -0.39 is 0 Å². The third kappa shape index (κ3) is 3.07. The summed E-state index contributed by atoms with van der Waals surface area (Å²) in [6.45, 7) is 3.61. The molecule has 4 N–H and O–H groups in total. The lowest BCUT2D eigenvalue weighted by Crippen LogP contribution is -2.13. The molecule has 0 amide bonds. The van der Waals surface area contributed by atoms with Crippen molar-refractivity contribution >= 4 is 12.4 Å². The summed E-state index contributed by atoms with van der Waals surface area (Å²) in [5.74, 6) is 0.113. The topological polar surface area (TPSA) is 79.4 Å². The van der Waals surface area contributed by atoms with Crippen LogP contribution in [0.1, 0.15) is 42.6 Å². The molecule has 1 aromatic rings. The van der Waals surface area contributed by atoms with Crippen LogP contribution in [-0.4, -0.2) is 15.2 Å². The largest absolute Gasteiger partial charge is 0.506 e. The number of nitrogens with zero attached hydrogens (tertiary/aromatic N) is 1. The monoisotopic (exact) mass is 246 g/mol. The summed E-state index contributed by atoms with van der Waals surface area (Å²) in [5, 5.41) is 19.0. The summed E-state index contributed by atoms with van der Waals surface area (Å²) < 4.78 is 0. The second kappa shape index (κ2) is 6.68. The molecule has 92 valence electrons. The molecule has 0 aliphatic carbocycles. The molecule has 0 aliphatic heterocycles. The number of halogens is 1. The second-order valence-electron chi connectivity index (χ2n) is 3.68. The van der Waals surface area contributed by atoms with Gasteiger partial charge in [-0.25, -0.2) is 0 Å². The molecule has 0 radical (unpaired) electrons. The number of aryl methyl sites for hydroxylation is 1. The number of aliphatic hydroxyl groups is 1. The maximum Gasteiger partial charge on any atom is 0.141 e. The highest BCUT2D eigenvalue weighted by molar-refractivity contribution is 5.85. The Morgan fingerprint density at radius 2 is 2.12 bits per heavy atom. The fourth-order valence-corrected chi connectivity index (χ4v) is 1.65. The Bertz CT molecular complexity index is 345. The smallest absolute Gasteiger partial charge is 0.141 e. The van der Waals surface area contributed by atoms with Gasteiger partial charge in [-0.15, -0.1) is 12.4 Å². The van der Waals surface area contributed by atoms with Crippen molar-refractivity contribution in [3.8, 4) is 5.75 Å². The van der Waals surface area contributed by atoms with Crippen molar-refractivity contribution in [2.24, 2.45) is 5.73 Å². The molecule has 1 rings (SSSR count). The van der Waals surface area contributed by atoms with Gasteiger partial charge in [-0.2, -0.15) is 0 Å². The minimum absolute atomic E-state index is 0. The van der Waals surface area contributed by atoms with E-state index in [1.54, 1.807) is 13.1 Å². The second-order valence-corrected chi connectivity index (χ2v) is 3.68. The van der Waals surface area contributed by atoms with Gasteiger partial charge in [-0.05, 0) is 13.3 Å². The Labute approximate surface area is 102 Å². The van der Waals surface area contributed by atoms with Gasteiger partial charge in [0.25, 0.3) is 0 Å². The molecule has 0 spiro atoms. The Hall–Kier alpha value is -0.840. The highest BCUT2D eigenvalue weighted by atomic mass is 35.5. The summed E-state index contributed by atoms with van der Waals surface area (Å²) in [6.07, 6.45) is 3.29. The van der Waals surface area contributed by atoms with Crippen LogP contribution in [0.3, 0.4) is 0 Å². The van der Waals surface area contributed by atoms with Gasteiger partial charge in [0.2, 0.25) is 0 Å². The van der Waals surface area contributed by atoms with Crippen LogP contribution in [-0.2, 0) is 6.61 Å². The van der Waals surface area contributed by atoms with Crippen LogP contribution >= 0.6 is 12.4 Å². The third-order valence-corrected chi connectivity index (χ3v) is 2.50. The molecule has 0 saturated heterocycles. The normalized spacial score (nSPS) is 12.0.